The number of carbonyl (C=O) groups is 2. The summed E-state index contributed by atoms with van der Waals surface area (Å²) in [5.74, 6) is -0.423. The molecule has 0 bridgehead atoms. The van der Waals surface area contributed by atoms with E-state index in [9.17, 15) is 9.59 Å². The predicted octanol–water partition coefficient (Wildman–Crippen LogP) is 2.83. The van der Waals surface area contributed by atoms with E-state index in [0.29, 0.717) is 18.7 Å². The van der Waals surface area contributed by atoms with Gasteiger partial charge in [-0.05, 0) is 45.2 Å². The topological polar surface area (TPSA) is 82.5 Å². The first kappa shape index (κ1) is 18.9. The average molecular weight is 371 g/mol. The monoisotopic (exact) mass is 371 g/mol. The zero-order valence-electron chi connectivity index (χ0n) is 16.1. The van der Waals surface area contributed by atoms with Crippen molar-refractivity contribution < 1.29 is 19.1 Å². The van der Waals surface area contributed by atoms with E-state index in [4.69, 9.17) is 9.47 Å². The Hall–Kier alpha value is -2.83. The van der Waals surface area contributed by atoms with Crippen molar-refractivity contribution in [1.29, 1.82) is 0 Å². The van der Waals surface area contributed by atoms with Gasteiger partial charge in [0.2, 0.25) is 0 Å². The Kier molecular flexibility index (Phi) is 4.95. The molecule has 0 radical (unpaired) electrons. The Morgan fingerprint density at radius 3 is 2.63 bits per heavy atom. The molecule has 2 atom stereocenters. The van der Waals surface area contributed by atoms with Gasteiger partial charge in [0.25, 0.3) is 0 Å². The predicted molar refractivity (Wildman–Crippen MR) is 99.6 cm³/mol. The van der Waals surface area contributed by atoms with Crippen molar-refractivity contribution in [2.75, 3.05) is 13.7 Å². The lowest BCUT2D eigenvalue weighted by molar-refractivity contribution is -0.144. The van der Waals surface area contributed by atoms with E-state index in [1.165, 1.54) is 7.11 Å². The molecule has 0 unspecified atom stereocenters. The first-order valence-electron chi connectivity index (χ1n) is 8.91. The first-order valence-corrected chi connectivity index (χ1v) is 8.91. The van der Waals surface area contributed by atoms with Crippen LogP contribution in [0.5, 0.6) is 0 Å². The highest BCUT2D eigenvalue weighted by atomic mass is 16.6. The molecule has 2 aromatic rings. The van der Waals surface area contributed by atoms with Gasteiger partial charge in [-0.25, -0.2) is 9.78 Å². The molecule has 1 fully saturated rings. The molecule has 1 aromatic heterocycles. The molecule has 7 nitrogen and oxygen atoms in total. The van der Waals surface area contributed by atoms with E-state index in [-0.39, 0.29) is 11.9 Å². The number of carbonyl (C=O) groups excluding carboxylic acids is 2. The molecule has 27 heavy (non-hydrogen) atoms. The summed E-state index contributed by atoms with van der Waals surface area (Å²) in [6, 6.07) is 9.75. The summed E-state index contributed by atoms with van der Waals surface area (Å²) in [6.07, 6.45) is 3.61. The molecule has 1 heterocycles. The van der Waals surface area contributed by atoms with Crippen LogP contribution in [0.2, 0.25) is 0 Å². The number of esters is 1. The average Bonchev–Trinajstić information content (AvgIpc) is 3.14. The van der Waals surface area contributed by atoms with Crippen LogP contribution >= 0.6 is 0 Å². The SMILES string of the molecule is COC(=O)[C@]1(c2cn(-c3ccccc3)cn2)C[C@@H]1CNC(=O)OC(C)(C)C. The van der Waals surface area contributed by atoms with Crippen molar-refractivity contribution in [1.82, 2.24) is 14.9 Å². The Bertz CT molecular complexity index is 825. The second-order valence-corrected chi connectivity index (χ2v) is 7.75. The largest absolute Gasteiger partial charge is 0.468 e. The van der Waals surface area contributed by atoms with Gasteiger partial charge in [0, 0.05) is 18.4 Å². The number of alkyl carbamates (subject to hydrolysis) is 1. The van der Waals surface area contributed by atoms with Gasteiger partial charge in [-0.1, -0.05) is 18.2 Å². The maximum Gasteiger partial charge on any atom is 0.407 e. The zero-order chi connectivity index (χ0) is 19.7. The number of aromatic nitrogens is 2. The van der Waals surface area contributed by atoms with Crippen LogP contribution in [0, 0.1) is 5.92 Å². The zero-order valence-corrected chi connectivity index (χ0v) is 16.1. The Labute approximate surface area is 158 Å². The third-order valence-corrected chi connectivity index (χ3v) is 4.64. The molecule has 3 rings (SSSR count). The number of benzene rings is 1. The van der Waals surface area contributed by atoms with Gasteiger partial charge >= 0.3 is 12.1 Å². The van der Waals surface area contributed by atoms with E-state index in [1.54, 1.807) is 27.1 Å². The maximum atomic E-state index is 12.5. The smallest absolute Gasteiger partial charge is 0.407 e. The number of ether oxygens (including phenoxy) is 2. The molecule has 1 aliphatic carbocycles. The summed E-state index contributed by atoms with van der Waals surface area (Å²) in [5, 5.41) is 2.74. The van der Waals surface area contributed by atoms with Crippen LogP contribution in [0.3, 0.4) is 0 Å². The highest BCUT2D eigenvalue weighted by Crippen LogP contribution is 2.54. The van der Waals surface area contributed by atoms with Crippen molar-refractivity contribution in [3.63, 3.8) is 0 Å². The second-order valence-electron chi connectivity index (χ2n) is 7.75. The molecule has 144 valence electrons. The molecule has 1 aliphatic rings. The molecule has 0 aliphatic heterocycles. The lowest BCUT2D eigenvalue weighted by Crippen LogP contribution is -2.35. The fourth-order valence-electron chi connectivity index (χ4n) is 3.24. The number of methoxy groups -OCH3 is 1. The van der Waals surface area contributed by atoms with Crippen LogP contribution in [0.15, 0.2) is 42.9 Å². The fourth-order valence-corrected chi connectivity index (χ4v) is 3.24. The van der Waals surface area contributed by atoms with Crippen LogP contribution in [0.25, 0.3) is 5.69 Å². The number of hydrogen-bond donors (Lipinski definition) is 1. The maximum absolute atomic E-state index is 12.5. The standard InChI is InChI=1S/C20H25N3O4/c1-19(2,3)27-18(25)21-11-14-10-20(14,17(24)26-4)16-12-23(13-22-16)15-8-6-5-7-9-15/h5-9,12-14H,10-11H2,1-4H3,(H,21,25)/t14-,20-/m1/s1. The van der Waals surface area contributed by atoms with Gasteiger partial charge in [-0.2, -0.15) is 0 Å². The number of amides is 1. The van der Waals surface area contributed by atoms with Crippen molar-refractivity contribution in [2.24, 2.45) is 5.92 Å². The summed E-state index contributed by atoms with van der Waals surface area (Å²) >= 11 is 0. The minimum atomic E-state index is -0.830. The van der Waals surface area contributed by atoms with E-state index in [0.717, 1.165) is 5.69 Å². The lowest BCUT2D eigenvalue weighted by Gasteiger charge is -2.20. The molecule has 0 spiro atoms. The number of hydrogen-bond acceptors (Lipinski definition) is 5. The molecule has 1 amide bonds. The fraction of sp³-hybridized carbons (Fsp3) is 0.450. The van der Waals surface area contributed by atoms with Crippen LogP contribution in [0.1, 0.15) is 32.9 Å². The quantitative estimate of drug-likeness (QED) is 0.817. The summed E-state index contributed by atoms with van der Waals surface area (Å²) in [5.41, 5.74) is 0.209. The molecular weight excluding hydrogens is 346 g/mol. The van der Waals surface area contributed by atoms with Crippen LogP contribution in [-0.4, -0.2) is 40.9 Å². The van der Waals surface area contributed by atoms with Gasteiger partial charge in [0.1, 0.15) is 11.0 Å². The number of nitrogens with one attached hydrogen (secondary N) is 1. The molecule has 1 aromatic carbocycles. The lowest BCUT2D eigenvalue weighted by atomic mass is 10.00. The Morgan fingerprint density at radius 1 is 1.30 bits per heavy atom. The van der Waals surface area contributed by atoms with Crippen molar-refractivity contribution in [3.05, 3.63) is 48.5 Å². The van der Waals surface area contributed by atoms with Crippen molar-refractivity contribution in [3.8, 4) is 5.69 Å². The minimum Gasteiger partial charge on any atom is -0.468 e. The number of nitrogens with zero attached hydrogens (tertiary/aromatic N) is 2. The van der Waals surface area contributed by atoms with E-state index >= 15 is 0 Å². The van der Waals surface area contributed by atoms with E-state index in [1.807, 2.05) is 41.1 Å². The summed E-state index contributed by atoms with van der Waals surface area (Å²) in [7, 11) is 1.37. The van der Waals surface area contributed by atoms with Gasteiger partial charge < -0.3 is 19.4 Å². The third-order valence-electron chi connectivity index (χ3n) is 4.64. The first-order chi connectivity index (χ1) is 12.8. The van der Waals surface area contributed by atoms with Gasteiger partial charge in [-0.15, -0.1) is 0 Å². The minimum absolute atomic E-state index is 0.0865. The van der Waals surface area contributed by atoms with Gasteiger partial charge in [0.05, 0.1) is 19.1 Å². The van der Waals surface area contributed by atoms with Crippen LogP contribution in [0.4, 0.5) is 4.79 Å². The summed E-state index contributed by atoms with van der Waals surface area (Å²) in [4.78, 5) is 28.9. The molecular formula is C20H25N3O4. The van der Waals surface area contributed by atoms with Gasteiger partial charge in [0.15, 0.2) is 0 Å². The Morgan fingerprint density at radius 2 is 2.00 bits per heavy atom. The summed E-state index contributed by atoms with van der Waals surface area (Å²) < 4.78 is 12.2. The van der Waals surface area contributed by atoms with E-state index in [2.05, 4.69) is 10.3 Å². The highest BCUT2D eigenvalue weighted by molar-refractivity contribution is 5.87. The second kappa shape index (κ2) is 7.06. The van der Waals surface area contributed by atoms with Crippen molar-refractivity contribution in [2.45, 2.75) is 38.2 Å². The van der Waals surface area contributed by atoms with Crippen LogP contribution in [-0.2, 0) is 19.7 Å². The molecule has 7 heteroatoms. The molecule has 1 N–H and O–H groups in total. The summed E-state index contributed by atoms with van der Waals surface area (Å²) in [6.45, 7) is 5.73. The normalized spacial score (nSPS) is 21.4. The van der Waals surface area contributed by atoms with E-state index < -0.39 is 17.1 Å². The van der Waals surface area contributed by atoms with Crippen molar-refractivity contribution >= 4 is 12.1 Å². The van der Waals surface area contributed by atoms with Crippen LogP contribution < -0.4 is 5.32 Å². The number of rotatable bonds is 5. The highest BCUT2D eigenvalue weighted by Gasteiger charge is 2.63. The number of imidazole rings is 1. The Balaban J connectivity index is 1.74. The molecule has 1 saturated carbocycles. The molecule has 0 saturated heterocycles. The number of para-hydroxylation sites is 1. The van der Waals surface area contributed by atoms with Gasteiger partial charge in [-0.3, -0.25) is 4.79 Å². The third kappa shape index (κ3) is 3.97.